The molecular formula is C11H23N3O2. The van der Waals surface area contributed by atoms with Crippen molar-refractivity contribution < 1.29 is 9.53 Å². The second-order valence-corrected chi connectivity index (χ2v) is 4.43. The van der Waals surface area contributed by atoms with E-state index in [0.717, 1.165) is 26.1 Å². The highest BCUT2D eigenvalue weighted by Gasteiger charge is 2.29. The third kappa shape index (κ3) is 3.17. The van der Waals surface area contributed by atoms with Crippen LogP contribution in [0.15, 0.2) is 0 Å². The predicted octanol–water partition coefficient (Wildman–Crippen LogP) is 0.112. The molecule has 0 radical (unpaired) electrons. The zero-order valence-corrected chi connectivity index (χ0v) is 10.4. The van der Waals surface area contributed by atoms with E-state index >= 15 is 0 Å². The van der Waals surface area contributed by atoms with E-state index < -0.39 is 0 Å². The van der Waals surface area contributed by atoms with Crippen LogP contribution in [0.25, 0.3) is 0 Å². The van der Waals surface area contributed by atoms with E-state index in [1.165, 1.54) is 0 Å². The number of ether oxygens (including phenoxy) is 1. The fraction of sp³-hybridized carbons (Fsp3) is 0.909. The van der Waals surface area contributed by atoms with Crippen LogP contribution in [0.3, 0.4) is 0 Å². The van der Waals surface area contributed by atoms with Gasteiger partial charge in [-0.3, -0.25) is 15.1 Å². The summed E-state index contributed by atoms with van der Waals surface area (Å²) in [5.41, 5.74) is 2.21. The summed E-state index contributed by atoms with van der Waals surface area (Å²) in [5, 5.41) is 0. The van der Waals surface area contributed by atoms with Gasteiger partial charge in [0.1, 0.15) is 0 Å². The van der Waals surface area contributed by atoms with Crippen LogP contribution in [0.1, 0.15) is 27.2 Å². The number of hydrogen-bond acceptors (Lipinski definition) is 4. The lowest BCUT2D eigenvalue weighted by Crippen LogP contribution is -2.51. The zero-order chi connectivity index (χ0) is 12.1. The Labute approximate surface area is 97.3 Å². The molecule has 1 amide bonds. The molecule has 0 aliphatic carbocycles. The number of hydrogen-bond donors (Lipinski definition) is 2. The molecule has 5 heteroatoms. The van der Waals surface area contributed by atoms with Gasteiger partial charge in [0.05, 0.1) is 18.6 Å². The fourth-order valence-corrected chi connectivity index (χ4v) is 2.03. The number of nitrogens with two attached hydrogens (primary N) is 1. The van der Waals surface area contributed by atoms with Crippen molar-refractivity contribution in [1.29, 1.82) is 0 Å². The molecule has 94 valence electrons. The number of amides is 1. The van der Waals surface area contributed by atoms with Crippen LogP contribution in [0.4, 0.5) is 0 Å². The molecule has 3 atom stereocenters. The van der Waals surface area contributed by atoms with Gasteiger partial charge in [0.25, 0.3) is 0 Å². The van der Waals surface area contributed by atoms with Crippen molar-refractivity contribution in [1.82, 2.24) is 10.3 Å². The second kappa shape index (κ2) is 6.18. The molecule has 1 saturated heterocycles. The smallest absolute Gasteiger partial charge is 0.238 e. The number of rotatable bonds is 4. The highest BCUT2D eigenvalue weighted by Crippen LogP contribution is 2.16. The first-order valence-electron chi connectivity index (χ1n) is 5.96. The van der Waals surface area contributed by atoms with Crippen molar-refractivity contribution in [3.8, 4) is 0 Å². The molecular weight excluding hydrogens is 206 g/mol. The van der Waals surface area contributed by atoms with E-state index in [-0.39, 0.29) is 17.9 Å². The Morgan fingerprint density at radius 1 is 1.62 bits per heavy atom. The fourth-order valence-electron chi connectivity index (χ4n) is 2.03. The van der Waals surface area contributed by atoms with Gasteiger partial charge in [0, 0.05) is 19.1 Å². The quantitative estimate of drug-likeness (QED) is 0.408. The van der Waals surface area contributed by atoms with E-state index in [1.54, 1.807) is 0 Å². The van der Waals surface area contributed by atoms with E-state index in [0.29, 0.717) is 6.10 Å². The van der Waals surface area contributed by atoms with Gasteiger partial charge in [0.15, 0.2) is 0 Å². The molecule has 0 aromatic carbocycles. The van der Waals surface area contributed by atoms with E-state index in [2.05, 4.69) is 24.2 Å². The van der Waals surface area contributed by atoms with Crippen LogP contribution in [-0.2, 0) is 9.53 Å². The molecule has 1 fully saturated rings. The molecule has 16 heavy (non-hydrogen) atoms. The molecule has 5 nitrogen and oxygen atoms in total. The van der Waals surface area contributed by atoms with E-state index in [9.17, 15) is 4.79 Å². The Kier molecular flexibility index (Phi) is 5.18. The number of nitrogens with one attached hydrogen (secondary N) is 1. The maximum atomic E-state index is 11.5. The molecule has 3 N–H and O–H groups in total. The van der Waals surface area contributed by atoms with Gasteiger partial charge in [-0.2, -0.15) is 0 Å². The van der Waals surface area contributed by atoms with E-state index in [4.69, 9.17) is 10.6 Å². The van der Waals surface area contributed by atoms with Gasteiger partial charge in [-0.1, -0.05) is 13.8 Å². The Morgan fingerprint density at radius 2 is 2.31 bits per heavy atom. The summed E-state index contributed by atoms with van der Waals surface area (Å²) in [4.78, 5) is 13.8. The molecule has 0 spiro atoms. The van der Waals surface area contributed by atoms with Gasteiger partial charge in [-0.05, 0) is 13.3 Å². The third-order valence-corrected chi connectivity index (χ3v) is 3.48. The van der Waals surface area contributed by atoms with Crippen molar-refractivity contribution in [2.24, 2.45) is 11.8 Å². The molecule has 1 aliphatic heterocycles. The highest BCUT2D eigenvalue weighted by molar-refractivity contribution is 5.78. The molecule has 1 aliphatic rings. The van der Waals surface area contributed by atoms with Gasteiger partial charge < -0.3 is 4.74 Å². The summed E-state index contributed by atoms with van der Waals surface area (Å²) in [7, 11) is 0. The van der Waals surface area contributed by atoms with Gasteiger partial charge in [0.2, 0.25) is 5.91 Å². The first-order valence-corrected chi connectivity index (χ1v) is 5.96. The normalized spacial score (nSPS) is 26.1. The van der Waals surface area contributed by atoms with Crippen LogP contribution in [0.5, 0.6) is 0 Å². The molecule has 0 saturated carbocycles. The van der Waals surface area contributed by atoms with Gasteiger partial charge in [-0.25, -0.2) is 5.84 Å². The zero-order valence-electron chi connectivity index (χ0n) is 10.4. The van der Waals surface area contributed by atoms with Crippen LogP contribution in [0.2, 0.25) is 0 Å². The second-order valence-electron chi connectivity index (χ2n) is 4.43. The summed E-state index contributed by atoms with van der Waals surface area (Å²) in [6.45, 7) is 8.63. The minimum absolute atomic E-state index is 0.0967. The third-order valence-electron chi connectivity index (χ3n) is 3.48. The summed E-state index contributed by atoms with van der Waals surface area (Å²) in [5.74, 6) is 4.95. The maximum absolute atomic E-state index is 11.5. The minimum Gasteiger partial charge on any atom is -0.376 e. The first-order chi connectivity index (χ1) is 7.60. The summed E-state index contributed by atoms with van der Waals surface area (Å²) in [6.07, 6.45) is 1.31. The molecule has 0 aromatic rings. The number of nitrogens with zero attached hydrogens (tertiary/aromatic N) is 1. The van der Waals surface area contributed by atoms with Crippen molar-refractivity contribution in [3.63, 3.8) is 0 Å². The van der Waals surface area contributed by atoms with Crippen LogP contribution in [0, 0.1) is 5.92 Å². The lowest BCUT2D eigenvalue weighted by Gasteiger charge is -2.38. The average Bonchev–Trinajstić information content (AvgIpc) is 2.36. The Balaban J connectivity index is 2.52. The summed E-state index contributed by atoms with van der Waals surface area (Å²) in [6, 6.07) is 0.196. The van der Waals surface area contributed by atoms with Gasteiger partial charge in [-0.15, -0.1) is 0 Å². The Hall–Kier alpha value is -0.650. The predicted molar refractivity (Wildman–Crippen MR) is 62.6 cm³/mol. The van der Waals surface area contributed by atoms with Crippen molar-refractivity contribution >= 4 is 5.91 Å². The average molecular weight is 229 g/mol. The number of hydrazine groups is 1. The minimum atomic E-state index is -0.105. The van der Waals surface area contributed by atoms with Crippen LogP contribution < -0.4 is 11.3 Å². The topological polar surface area (TPSA) is 67.6 Å². The lowest BCUT2D eigenvalue weighted by atomic mass is 10.00. The Bertz CT molecular complexity index is 235. The highest BCUT2D eigenvalue weighted by atomic mass is 16.5. The number of carbonyl (C=O) groups excluding carboxylic acids is 1. The molecule has 0 bridgehead atoms. The molecule has 1 heterocycles. The molecule has 0 aromatic heterocycles. The molecule has 3 unspecified atom stereocenters. The summed E-state index contributed by atoms with van der Waals surface area (Å²) >= 11 is 0. The SMILES string of the molecule is CCC1CN(C(C)C(C)C(=O)NN)CCO1. The number of morpholine rings is 1. The van der Waals surface area contributed by atoms with Crippen molar-refractivity contribution in [2.45, 2.75) is 39.3 Å². The van der Waals surface area contributed by atoms with Crippen LogP contribution in [-0.4, -0.2) is 42.6 Å². The van der Waals surface area contributed by atoms with E-state index in [1.807, 2.05) is 6.92 Å². The maximum Gasteiger partial charge on any atom is 0.238 e. The molecule has 1 rings (SSSR count). The van der Waals surface area contributed by atoms with Crippen molar-refractivity contribution in [2.75, 3.05) is 19.7 Å². The largest absolute Gasteiger partial charge is 0.376 e. The van der Waals surface area contributed by atoms with Crippen LogP contribution >= 0.6 is 0 Å². The van der Waals surface area contributed by atoms with Crippen molar-refractivity contribution in [3.05, 3.63) is 0 Å². The lowest BCUT2D eigenvalue weighted by molar-refractivity contribution is -0.128. The Morgan fingerprint density at radius 3 is 2.88 bits per heavy atom. The number of carbonyl (C=O) groups is 1. The monoisotopic (exact) mass is 229 g/mol. The summed E-state index contributed by atoms with van der Waals surface area (Å²) < 4.78 is 5.61. The van der Waals surface area contributed by atoms with Gasteiger partial charge >= 0.3 is 0 Å². The standard InChI is InChI=1S/C11H23N3O2/c1-4-10-7-14(5-6-16-10)9(3)8(2)11(15)13-12/h8-10H,4-7,12H2,1-3H3,(H,13,15). The first kappa shape index (κ1) is 13.4.